The van der Waals surface area contributed by atoms with Gasteiger partial charge in [0.2, 0.25) is 11.7 Å². The van der Waals surface area contributed by atoms with Gasteiger partial charge in [0.25, 0.3) is 5.91 Å². The van der Waals surface area contributed by atoms with Crippen LogP contribution in [0.3, 0.4) is 0 Å². The number of carbonyl (C=O) groups excluding carboxylic acids is 2. The van der Waals surface area contributed by atoms with Crippen LogP contribution in [0.5, 0.6) is 0 Å². The van der Waals surface area contributed by atoms with Gasteiger partial charge < -0.3 is 9.84 Å². The topological polar surface area (TPSA) is 88.3 Å². The third-order valence-corrected chi connectivity index (χ3v) is 5.01. The van der Waals surface area contributed by atoms with Crippen molar-refractivity contribution in [2.75, 3.05) is 0 Å². The Balaban J connectivity index is 1.54. The van der Waals surface area contributed by atoms with E-state index in [1.807, 2.05) is 54.6 Å². The van der Waals surface area contributed by atoms with E-state index in [9.17, 15) is 9.59 Å². The predicted octanol–water partition coefficient (Wildman–Crippen LogP) is 3.27. The van der Waals surface area contributed by atoms with Crippen molar-refractivity contribution in [3.05, 3.63) is 71.6 Å². The van der Waals surface area contributed by atoms with Crippen LogP contribution < -0.4 is 5.32 Å². The average molecular weight is 376 g/mol. The molecule has 4 rings (SSSR count). The first-order valence-electron chi connectivity index (χ1n) is 9.13. The van der Waals surface area contributed by atoms with Gasteiger partial charge in [0.05, 0.1) is 0 Å². The maximum absolute atomic E-state index is 12.9. The highest BCUT2D eigenvalue weighted by molar-refractivity contribution is 6.07. The van der Waals surface area contributed by atoms with E-state index in [4.69, 9.17) is 4.52 Å². The third-order valence-electron chi connectivity index (χ3n) is 5.01. The number of hydrogen-bond acceptors (Lipinski definition) is 5. The Morgan fingerprint density at radius 2 is 1.79 bits per heavy atom. The summed E-state index contributed by atoms with van der Waals surface area (Å²) in [5, 5.41) is 6.74. The molecule has 1 aliphatic rings. The molecule has 0 spiro atoms. The van der Waals surface area contributed by atoms with Gasteiger partial charge in [-0.3, -0.25) is 9.69 Å². The number of imide groups is 1. The number of urea groups is 1. The molecule has 7 heteroatoms. The maximum Gasteiger partial charge on any atom is 0.325 e. The zero-order valence-electron chi connectivity index (χ0n) is 15.7. The predicted molar refractivity (Wildman–Crippen MR) is 102 cm³/mol. The largest absolute Gasteiger partial charge is 0.337 e. The smallest absolute Gasteiger partial charge is 0.325 e. The van der Waals surface area contributed by atoms with Gasteiger partial charge in [0, 0.05) is 5.56 Å². The molecule has 2 aromatic carbocycles. The molecule has 0 bridgehead atoms. The van der Waals surface area contributed by atoms with E-state index in [2.05, 4.69) is 22.4 Å². The number of benzene rings is 2. The van der Waals surface area contributed by atoms with Crippen LogP contribution in [0.4, 0.5) is 4.79 Å². The lowest BCUT2D eigenvalue weighted by atomic mass is 9.92. The number of nitrogens with zero attached hydrogens (tertiary/aromatic N) is 3. The van der Waals surface area contributed by atoms with E-state index < -0.39 is 11.6 Å². The summed E-state index contributed by atoms with van der Waals surface area (Å²) in [6.07, 6.45) is 0.949. The summed E-state index contributed by atoms with van der Waals surface area (Å²) in [6.45, 7) is 3.70. The van der Waals surface area contributed by atoms with Crippen molar-refractivity contribution in [3.63, 3.8) is 0 Å². The van der Waals surface area contributed by atoms with E-state index in [1.165, 1.54) is 5.56 Å². The van der Waals surface area contributed by atoms with E-state index in [-0.39, 0.29) is 18.3 Å². The van der Waals surface area contributed by atoms with Crippen molar-refractivity contribution < 1.29 is 14.1 Å². The number of aromatic nitrogens is 2. The molecule has 2 heterocycles. The fourth-order valence-corrected chi connectivity index (χ4v) is 3.27. The highest BCUT2D eigenvalue weighted by atomic mass is 16.5. The molecule has 28 heavy (non-hydrogen) atoms. The van der Waals surface area contributed by atoms with Crippen LogP contribution >= 0.6 is 0 Å². The molecule has 1 unspecified atom stereocenters. The number of amides is 3. The van der Waals surface area contributed by atoms with Crippen LogP contribution in [0.2, 0.25) is 0 Å². The van der Waals surface area contributed by atoms with E-state index in [1.54, 1.807) is 6.92 Å². The Kier molecular flexibility index (Phi) is 4.43. The van der Waals surface area contributed by atoms with Crippen LogP contribution in [-0.2, 0) is 23.3 Å². The van der Waals surface area contributed by atoms with Crippen molar-refractivity contribution in [1.82, 2.24) is 20.4 Å². The first kappa shape index (κ1) is 17.9. The zero-order chi connectivity index (χ0) is 19.7. The Morgan fingerprint density at radius 3 is 2.46 bits per heavy atom. The van der Waals surface area contributed by atoms with Crippen LogP contribution in [0.25, 0.3) is 11.4 Å². The van der Waals surface area contributed by atoms with Crippen LogP contribution in [0.15, 0.2) is 59.1 Å². The third kappa shape index (κ3) is 3.05. The van der Waals surface area contributed by atoms with Crippen molar-refractivity contribution in [2.24, 2.45) is 0 Å². The number of carbonyl (C=O) groups is 2. The number of nitrogens with one attached hydrogen (secondary N) is 1. The normalized spacial score (nSPS) is 19.1. The standard InChI is InChI=1S/C21H20N4O3/c1-3-14-9-11-15(12-10-14)18-22-17(28-24-18)13-25-19(26)21(2,23-20(25)27)16-7-5-4-6-8-16/h4-12H,3,13H2,1-2H3,(H,23,27). The van der Waals surface area contributed by atoms with E-state index in [0.29, 0.717) is 5.82 Å². The lowest BCUT2D eigenvalue weighted by molar-refractivity contribution is -0.131. The van der Waals surface area contributed by atoms with Gasteiger partial charge in [-0.15, -0.1) is 0 Å². The Bertz CT molecular complexity index is 1010. The second-order valence-electron chi connectivity index (χ2n) is 6.87. The molecule has 1 aromatic heterocycles. The maximum atomic E-state index is 12.9. The zero-order valence-corrected chi connectivity index (χ0v) is 15.7. The Hall–Kier alpha value is -3.48. The number of hydrogen-bond donors (Lipinski definition) is 1. The first-order valence-corrected chi connectivity index (χ1v) is 9.13. The van der Waals surface area contributed by atoms with Crippen LogP contribution in [0, 0.1) is 0 Å². The molecular weight excluding hydrogens is 356 g/mol. The van der Waals surface area contributed by atoms with Crippen molar-refractivity contribution in [2.45, 2.75) is 32.4 Å². The second-order valence-corrected chi connectivity index (χ2v) is 6.87. The minimum atomic E-state index is -1.11. The van der Waals surface area contributed by atoms with E-state index >= 15 is 0 Å². The molecule has 0 aliphatic carbocycles. The Morgan fingerprint density at radius 1 is 1.07 bits per heavy atom. The summed E-state index contributed by atoms with van der Waals surface area (Å²) in [7, 11) is 0. The van der Waals surface area contributed by atoms with Gasteiger partial charge in [-0.25, -0.2) is 4.79 Å². The van der Waals surface area contributed by atoms with Gasteiger partial charge in [-0.1, -0.05) is 66.7 Å². The van der Waals surface area contributed by atoms with E-state index in [0.717, 1.165) is 22.4 Å². The van der Waals surface area contributed by atoms with Crippen LogP contribution in [0.1, 0.15) is 30.9 Å². The molecule has 1 saturated heterocycles. The minimum absolute atomic E-state index is 0.0763. The fraction of sp³-hybridized carbons (Fsp3) is 0.238. The average Bonchev–Trinajstić information content (AvgIpc) is 3.28. The molecule has 1 N–H and O–H groups in total. The molecule has 1 aliphatic heterocycles. The SMILES string of the molecule is CCc1ccc(-c2noc(CN3C(=O)NC(C)(c4ccccc4)C3=O)n2)cc1. The van der Waals surface area contributed by atoms with Gasteiger partial charge >= 0.3 is 6.03 Å². The number of rotatable bonds is 5. The van der Waals surface area contributed by atoms with Crippen molar-refractivity contribution >= 4 is 11.9 Å². The summed E-state index contributed by atoms with van der Waals surface area (Å²) in [5.74, 6) is 0.279. The van der Waals surface area contributed by atoms with Gasteiger partial charge in [-0.05, 0) is 24.5 Å². The summed E-state index contributed by atoms with van der Waals surface area (Å²) in [6, 6.07) is 16.5. The molecule has 0 radical (unpaired) electrons. The lowest BCUT2D eigenvalue weighted by Crippen LogP contribution is -2.40. The summed E-state index contributed by atoms with van der Waals surface area (Å²) in [5.41, 5.74) is 1.64. The molecule has 142 valence electrons. The summed E-state index contributed by atoms with van der Waals surface area (Å²) in [4.78, 5) is 30.8. The summed E-state index contributed by atoms with van der Waals surface area (Å²) >= 11 is 0. The molecule has 7 nitrogen and oxygen atoms in total. The second kappa shape index (κ2) is 6.92. The monoisotopic (exact) mass is 376 g/mol. The highest BCUT2D eigenvalue weighted by Gasteiger charge is 2.49. The minimum Gasteiger partial charge on any atom is -0.337 e. The molecule has 1 atom stereocenters. The molecule has 1 fully saturated rings. The molecular formula is C21H20N4O3. The highest BCUT2D eigenvalue weighted by Crippen LogP contribution is 2.29. The van der Waals surface area contributed by atoms with Gasteiger partial charge in [0.1, 0.15) is 12.1 Å². The molecule has 3 amide bonds. The first-order chi connectivity index (χ1) is 13.5. The molecule has 0 saturated carbocycles. The van der Waals surface area contributed by atoms with Gasteiger partial charge in [0.15, 0.2) is 0 Å². The van der Waals surface area contributed by atoms with Crippen molar-refractivity contribution in [3.8, 4) is 11.4 Å². The Labute approximate surface area is 162 Å². The van der Waals surface area contributed by atoms with Crippen molar-refractivity contribution in [1.29, 1.82) is 0 Å². The molecule has 3 aromatic rings. The number of aryl methyl sites for hydroxylation is 1. The van der Waals surface area contributed by atoms with Gasteiger partial charge in [-0.2, -0.15) is 4.98 Å². The summed E-state index contributed by atoms with van der Waals surface area (Å²) < 4.78 is 5.27. The van der Waals surface area contributed by atoms with Crippen LogP contribution in [-0.4, -0.2) is 27.0 Å². The quantitative estimate of drug-likeness (QED) is 0.691. The fourth-order valence-electron chi connectivity index (χ4n) is 3.27. The lowest BCUT2D eigenvalue weighted by Gasteiger charge is -2.21.